The fourth-order valence-corrected chi connectivity index (χ4v) is 5.57. The highest BCUT2D eigenvalue weighted by Gasteiger charge is 2.24. The molecule has 0 spiro atoms. The summed E-state index contributed by atoms with van der Waals surface area (Å²) in [5, 5.41) is 5.02. The molecule has 0 saturated carbocycles. The normalized spacial score (nSPS) is 20.3. The Morgan fingerprint density at radius 1 is 1.47 bits per heavy atom. The third-order valence-corrected chi connectivity index (χ3v) is 6.62. The molecule has 0 radical (unpaired) electrons. The Bertz CT molecular complexity index is 505. The Morgan fingerprint density at radius 2 is 2.26 bits per heavy atom. The Labute approximate surface area is 123 Å². The van der Waals surface area contributed by atoms with Crippen molar-refractivity contribution in [3.63, 3.8) is 0 Å². The minimum absolute atomic E-state index is 0.0899. The highest BCUT2D eigenvalue weighted by Crippen LogP contribution is 2.22. The van der Waals surface area contributed by atoms with Crippen molar-refractivity contribution in [3.8, 4) is 0 Å². The number of rotatable bonds is 6. The van der Waals surface area contributed by atoms with Crippen molar-refractivity contribution in [1.29, 1.82) is 0 Å². The molecule has 0 bridgehead atoms. The van der Waals surface area contributed by atoms with E-state index in [0.717, 1.165) is 29.3 Å². The monoisotopic (exact) mass is 320 g/mol. The number of hydrogen-bond acceptors (Lipinski definition) is 5. The zero-order valence-corrected chi connectivity index (χ0v) is 13.6. The first kappa shape index (κ1) is 15.3. The quantitative estimate of drug-likeness (QED) is 0.842. The lowest BCUT2D eigenvalue weighted by Gasteiger charge is -2.10. The van der Waals surface area contributed by atoms with E-state index in [4.69, 9.17) is 0 Å². The lowest BCUT2D eigenvalue weighted by atomic mass is 10.3. The molecule has 1 unspecified atom stereocenters. The lowest BCUT2D eigenvalue weighted by Crippen LogP contribution is -2.34. The molecule has 108 valence electrons. The highest BCUT2D eigenvalue weighted by atomic mass is 32.2. The van der Waals surface area contributed by atoms with Gasteiger partial charge in [0.1, 0.15) is 0 Å². The molecule has 1 aromatic rings. The van der Waals surface area contributed by atoms with Gasteiger partial charge in [-0.15, -0.1) is 11.3 Å². The Morgan fingerprint density at radius 3 is 2.89 bits per heavy atom. The van der Waals surface area contributed by atoms with E-state index in [1.54, 1.807) is 23.2 Å². The van der Waals surface area contributed by atoms with Gasteiger partial charge in [0.15, 0.2) is 0 Å². The number of thioether (sulfide) groups is 1. The molecule has 2 N–H and O–H groups in total. The first-order valence-electron chi connectivity index (χ1n) is 6.38. The molecule has 1 atom stereocenters. The summed E-state index contributed by atoms with van der Waals surface area (Å²) in [6.45, 7) is 4.87. The van der Waals surface area contributed by atoms with Crippen LogP contribution in [0.3, 0.4) is 0 Å². The molecule has 1 aliphatic rings. The zero-order valence-electron chi connectivity index (χ0n) is 11.2. The van der Waals surface area contributed by atoms with E-state index in [9.17, 15) is 8.42 Å². The second kappa shape index (κ2) is 6.58. The first-order chi connectivity index (χ1) is 8.97. The van der Waals surface area contributed by atoms with Crippen LogP contribution in [0.2, 0.25) is 0 Å². The molecule has 0 aromatic carbocycles. The minimum atomic E-state index is -3.34. The molecule has 0 amide bonds. The first-order valence-corrected chi connectivity index (χ1v) is 9.90. The van der Waals surface area contributed by atoms with Gasteiger partial charge in [-0.3, -0.25) is 0 Å². The van der Waals surface area contributed by atoms with Crippen LogP contribution in [0.5, 0.6) is 0 Å². The summed E-state index contributed by atoms with van der Waals surface area (Å²) >= 11 is 3.29. The van der Waals surface area contributed by atoms with Crippen molar-refractivity contribution >= 4 is 33.1 Å². The van der Waals surface area contributed by atoms with Gasteiger partial charge in [-0.05, 0) is 18.2 Å². The molecule has 2 rings (SSSR count). The van der Waals surface area contributed by atoms with Crippen molar-refractivity contribution in [1.82, 2.24) is 10.0 Å². The van der Waals surface area contributed by atoms with Crippen LogP contribution in [0.1, 0.15) is 25.1 Å². The highest BCUT2D eigenvalue weighted by molar-refractivity contribution is 7.99. The van der Waals surface area contributed by atoms with Crippen LogP contribution in [0.4, 0.5) is 0 Å². The van der Waals surface area contributed by atoms with Crippen LogP contribution in [0.15, 0.2) is 16.3 Å². The van der Waals surface area contributed by atoms with Crippen molar-refractivity contribution in [2.24, 2.45) is 0 Å². The largest absolute Gasteiger partial charge is 0.310 e. The van der Waals surface area contributed by atoms with Gasteiger partial charge in [-0.25, -0.2) is 13.1 Å². The van der Waals surface area contributed by atoms with Gasteiger partial charge in [0.25, 0.3) is 0 Å². The number of nitrogens with one attached hydrogen (secondary N) is 2. The summed E-state index contributed by atoms with van der Waals surface area (Å²) in [6, 6.07) is 2.26. The predicted molar refractivity (Wildman–Crippen MR) is 82.3 cm³/mol. The van der Waals surface area contributed by atoms with Crippen LogP contribution in [0.25, 0.3) is 0 Å². The third kappa shape index (κ3) is 4.46. The second-order valence-electron chi connectivity index (χ2n) is 4.97. The van der Waals surface area contributed by atoms with Gasteiger partial charge in [0.2, 0.25) is 10.0 Å². The molecular formula is C12H20N2O2S3. The van der Waals surface area contributed by atoms with Crippen molar-refractivity contribution in [2.75, 3.05) is 11.5 Å². The van der Waals surface area contributed by atoms with E-state index < -0.39 is 10.0 Å². The SMILES string of the molecule is CC(C)NCc1cc(S(=O)(=O)NC2CCSC2)cs1. The lowest BCUT2D eigenvalue weighted by molar-refractivity contribution is 0.563. The molecule has 7 heteroatoms. The summed E-state index contributed by atoms with van der Waals surface area (Å²) < 4.78 is 27.2. The smallest absolute Gasteiger partial charge is 0.241 e. The molecule has 1 fully saturated rings. The third-order valence-electron chi connectivity index (χ3n) is 2.88. The van der Waals surface area contributed by atoms with E-state index >= 15 is 0 Å². The van der Waals surface area contributed by atoms with E-state index in [1.165, 1.54) is 11.3 Å². The van der Waals surface area contributed by atoms with E-state index in [-0.39, 0.29) is 6.04 Å². The Hall–Kier alpha value is -0.0800. The fourth-order valence-electron chi connectivity index (χ4n) is 1.81. The van der Waals surface area contributed by atoms with E-state index in [1.807, 2.05) is 0 Å². The molecule has 19 heavy (non-hydrogen) atoms. The van der Waals surface area contributed by atoms with Crippen LogP contribution in [-0.4, -0.2) is 32.0 Å². The number of sulfonamides is 1. The van der Waals surface area contributed by atoms with Gasteiger partial charge in [0.05, 0.1) is 4.90 Å². The van der Waals surface area contributed by atoms with E-state index in [0.29, 0.717) is 10.9 Å². The second-order valence-corrected chi connectivity index (χ2v) is 8.83. The maximum atomic E-state index is 12.2. The number of hydrogen-bond donors (Lipinski definition) is 2. The van der Waals surface area contributed by atoms with Crippen molar-refractivity contribution in [3.05, 3.63) is 16.3 Å². The molecule has 1 aromatic heterocycles. The topological polar surface area (TPSA) is 58.2 Å². The molecule has 0 aliphatic carbocycles. The Balaban J connectivity index is 1.99. The maximum Gasteiger partial charge on any atom is 0.241 e. The fraction of sp³-hybridized carbons (Fsp3) is 0.667. The van der Waals surface area contributed by atoms with Gasteiger partial charge >= 0.3 is 0 Å². The minimum Gasteiger partial charge on any atom is -0.310 e. The molecule has 1 saturated heterocycles. The summed E-state index contributed by atoms with van der Waals surface area (Å²) in [7, 11) is -3.34. The van der Waals surface area contributed by atoms with Crippen molar-refractivity contribution < 1.29 is 8.42 Å². The van der Waals surface area contributed by atoms with Gasteiger partial charge in [0, 0.05) is 34.6 Å². The molecular weight excluding hydrogens is 300 g/mol. The van der Waals surface area contributed by atoms with E-state index in [2.05, 4.69) is 23.9 Å². The summed E-state index contributed by atoms with van der Waals surface area (Å²) in [4.78, 5) is 1.45. The van der Waals surface area contributed by atoms with Crippen LogP contribution < -0.4 is 10.0 Å². The molecule has 1 aliphatic heterocycles. The van der Waals surface area contributed by atoms with Gasteiger partial charge in [-0.1, -0.05) is 13.8 Å². The molecule has 4 nitrogen and oxygen atoms in total. The number of thiophene rings is 1. The van der Waals surface area contributed by atoms with Crippen LogP contribution in [-0.2, 0) is 16.6 Å². The zero-order chi connectivity index (χ0) is 13.9. The van der Waals surface area contributed by atoms with Crippen LogP contribution in [0, 0.1) is 0 Å². The summed E-state index contributed by atoms with van der Waals surface area (Å²) in [6.07, 6.45) is 0.926. The Kier molecular flexibility index (Phi) is 5.30. The van der Waals surface area contributed by atoms with Crippen LogP contribution >= 0.6 is 23.1 Å². The maximum absolute atomic E-state index is 12.2. The summed E-state index contributed by atoms with van der Waals surface area (Å²) in [5.74, 6) is 1.92. The molecule has 2 heterocycles. The average Bonchev–Trinajstić information content (AvgIpc) is 2.96. The summed E-state index contributed by atoms with van der Waals surface area (Å²) in [5.41, 5.74) is 0. The predicted octanol–water partition coefficient (Wildman–Crippen LogP) is 2.03. The standard InChI is InChI=1S/C12H20N2O2S3/c1-9(2)13-6-11-5-12(8-18-11)19(15,16)14-10-3-4-17-7-10/h5,8-10,13-14H,3-4,6-7H2,1-2H3. The average molecular weight is 321 g/mol. The van der Waals surface area contributed by atoms with Crippen molar-refractivity contribution in [2.45, 2.75) is 43.8 Å². The van der Waals surface area contributed by atoms with Gasteiger partial charge < -0.3 is 5.32 Å². The van der Waals surface area contributed by atoms with Gasteiger partial charge in [-0.2, -0.15) is 11.8 Å².